The quantitative estimate of drug-likeness (QED) is 0.532. The van der Waals surface area contributed by atoms with Gasteiger partial charge >= 0.3 is 0 Å². The fourth-order valence-electron chi connectivity index (χ4n) is 0.965. The molecule has 1 rings (SSSR count). The van der Waals surface area contributed by atoms with Crippen molar-refractivity contribution < 1.29 is 9.90 Å². The second-order valence-corrected chi connectivity index (χ2v) is 2.49. The van der Waals surface area contributed by atoms with Crippen LogP contribution in [0, 0.1) is 23.2 Å². The number of phenolic OH excluding ortho intramolecular Hbond substituents is 1. The van der Waals surface area contributed by atoms with Crippen molar-refractivity contribution in [2.24, 2.45) is 0 Å². The summed E-state index contributed by atoms with van der Waals surface area (Å²) >= 11 is 0. The molecular weight excluding hydrogens is 178 g/mol. The van der Waals surface area contributed by atoms with E-state index in [0.29, 0.717) is 11.8 Å². The number of nitriles is 1. The van der Waals surface area contributed by atoms with Gasteiger partial charge in [-0.3, -0.25) is 4.79 Å². The number of aldehydes is 1. The summed E-state index contributed by atoms with van der Waals surface area (Å²) in [4.78, 5) is 10.6. The summed E-state index contributed by atoms with van der Waals surface area (Å²) in [5, 5.41) is 17.5. The van der Waals surface area contributed by atoms with Crippen molar-refractivity contribution in [1.82, 2.24) is 0 Å². The second kappa shape index (κ2) is 4.69. The molecule has 3 heteroatoms. The van der Waals surface area contributed by atoms with Crippen LogP contribution in [-0.2, 0) is 0 Å². The number of hydrogen-bond donors (Lipinski definition) is 1. The Bertz CT molecular complexity index is 447. The lowest BCUT2D eigenvalue weighted by Gasteiger charge is -1.98. The van der Waals surface area contributed by atoms with Crippen LogP contribution in [0.3, 0.4) is 0 Å². The average molecular weight is 185 g/mol. The molecule has 0 aromatic heterocycles. The van der Waals surface area contributed by atoms with Gasteiger partial charge in [0, 0.05) is 5.56 Å². The van der Waals surface area contributed by atoms with E-state index in [2.05, 4.69) is 11.8 Å². The Balaban J connectivity index is 3.11. The smallest absolute Gasteiger partial charge is 0.155 e. The molecule has 0 spiro atoms. The van der Waals surface area contributed by atoms with Gasteiger partial charge in [-0.2, -0.15) is 5.26 Å². The Morgan fingerprint density at radius 1 is 1.50 bits per heavy atom. The van der Waals surface area contributed by atoms with Crippen LogP contribution in [-0.4, -0.2) is 11.4 Å². The number of phenols is 1. The van der Waals surface area contributed by atoms with Crippen molar-refractivity contribution >= 4 is 6.29 Å². The molecule has 0 aliphatic carbocycles. The molecule has 68 valence electrons. The predicted octanol–water partition coefficient (Wildman–Crippen LogP) is 1.47. The van der Waals surface area contributed by atoms with E-state index >= 15 is 0 Å². The molecule has 0 aliphatic heterocycles. The normalized spacial score (nSPS) is 8.21. The van der Waals surface area contributed by atoms with Crippen molar-refractivity contribution in [2.75, 3.05) is 0 Å². The standard InChI is InChI=1S/C11H7NO2/c12-7-2-1-4-9-5-3-6-11(14)10(9)8-13/h3,5-6,8,14H,2H2. The first-order chi connectivity index (χ1) is 6.79. The largest absolute Gasteiger partial charge is 0.507 e. The van der Waals surface area contributed by atoms with E-state index in [-0.39, 0.29) is 17.7 Å². The molecule has 0 saturated carbocycles. The minimum absolute atomic E-state index is 0.0937. The first-order valence-electron chi connectivity index (χ1n) is 3.92. The summed E-state index contributed by atoms with van der Waals surface area (Å²) in [7, 11) is 0. The Labute approximate surface area is 81.6 Å². The summed E-state index contributed by atoms with van der Waals surface area (Å²) in [6.07, 6.45) is 0.652. The van der Waals surface area contributed by atoms with Crippen LogP contribution in [0.2, 0.25) is 0 Å². The topological polar surface area (TPSA) is 61.1 Å². The maximum Gasteiger partial charge on any atom is 0.155 e. The van der Waals surface area contributed by atoms with Gasteiger partial charge < -0.3 is 5.11 Å². The number of benzene rings is 1. The van der Waals surface area contributed by atoms with Crippen LogP contribution >= 0.6 is 0 Å². The number of aromatic hydroxyl groups is 1. The minimum atomic E-state index is -0.0937. The van der Waals surface area contributed by atoms with Crippen LogP contribution in [0.4, 0.5) is 0 Å². The summed E-state index contributed by atoms with van der Waals surface area (Å²) in [6.45, 7) is 0. The van der Waals surface area contributed by atoms with Crippen molar-refractivity contribution in [2.45, 2.75) is 6.42 Å². The van der Waals surface area contributed by atoms with E-state index in [1.54, 1.807) is 12.1 Å². The molecule has 0 aliphatic rings. The SMILES string of the molecule is N#CCC#Cc1cccc(O)c1C=O. The molecule has 0 amide bonds. The van der Waals surface area contributed by atoms with E-state index in [1.165, 1.54) is 6.07 Å². The highest BCUT2D eigenvalue weighted by atomic mass is 16.3. The first kappa shape index (κ1) is 9.83. The molecule has 0 radical (unpaired) electrons. The van der Waals surface area contributed by atoms with Crippen molar-refractivity contribution in [3.8, 4) is 23.7 Å². The summed E-state index contributed by atoms with van der Waals surface area (Å²) < 4.78 is 0. The Hall–Kier alpha value is -2.26. The zero-order valence-corrected chi connectivity index (χ0v) is 7.32. The third-order valence-electron chi connectivity index (χ3n) is 1.59. The lowest BCUT2D eigenvalue weighted by atomic mass is 10.1. The fraction of sp³-hybridized carbons (Fsp3) is 0.0909. The van der Waals surface area contributed by atoms with Gasteiger partial charge in [0.25, 0.3) is 0 Å². The Kier molecular flexibility index (Phi) is 3.29. The highest BCUT2D eigenvalue weighted by Crippen LogP contribution is 2.17. The maximum atomic E-state index is 10.6. The molecule has 0 saturated heterocycles. The van der Waals surface area contributed by atoms with Crippen LogP contribution in [0.1, 0.15) is 22.3 Å². The molecule has 1 N–H and O–H groups in total. The van der Waals surface area contributed by atoms with Gasteiger partial charge in [-0.15, -0.1) is 0 Å². The Morgan fingerprint density at radius 2 is 2.29 bits per heavy atom. The minimum Gasteiger partial charge on any atom is -0.507 e. The van der Waals surface area contributed by atoms with Gasteiger partial charge in [-0.25, -0.2) is 0 Å². The third-order valence-corrected chi connectivity index (χ3v) is 1.59. The highest BCUT2D eigenvalue weighted by molar-refractivity contribution is 5.83. The van der Waals surface area contributed by atoms with Gasteiger partial charge in [0.05, 0.1) is 18.1 Å². The molecule has 1 aromatic carbocycles. The van der Waals surface area contributed by atoms with E-state index < -0.39 is 0 Å². The summed E-state index contributed by atoms with van der Waals surface area (Å²) in [5.41, 5.74) is 0.605. The van der Waals surface area contributed by atoms with Crippen LogP contribution in [0.25, 0.3) is 0 Å². The first-order valence-corrected chi connectivity index (χ1v) is 3.92. The monoisotopic (exact) mass is 185 g/mol. The molecule has 14 heavy (non-hydrogen) atoms. The van der Waals surface area contributed by atoms with Crippen LogP contribution in [0.15, 0.2) is 18.2 Å². The molecule has 0 heterocycles. The number of carbonyl (C=O) groups is 1. The second-order valence-electron chi connectivity index (χ2n) is 2.49. The fourth-order valence-corrected chi connectivity index (χ4v) is 0.965. The van der Waals surface area contributed by atoms with E-state index in [4.69, 9.17) is 5.26 Å². The molecule has 1 aromatic rings. The highest BCUT2D eigenvalue weighted by Gasteiger charge is 2.03. The maximum absolute atomic E-state index is 10.6. The van der Waals surface area contributed by atoms with E-state index in [1.807, 2.05) is 6.07 Å². The van der Waals surface area contributed by atoms with Crippen molar-refractivity contribution in [3.05, 3.63) is 29.3 Å². The van der Waals surface area contributed by atoms with Gasteiger partial charge in [-0.1, -0.05) is 17.9 Å². The Morgan fingerprint density at radius 3 is 2.93 bits per heavy atom. The molecule has 0 bridgehead atoms. The van der Waals surface area contributed by atoms with E-state index in [9.17, 15) is 9.90 Å². The lowest BCUT2D eigenvalue weighted by Crippen LogP contribution is -1.87. The number of rotatable bonds is 1. The molecule has 0 atom stereocenters. The van der Waals surface area contributed by atoms with Crippen LogP contribution in [0.5, 0.6) is 5.75 Å². The third kappa shape index (κ3) is 2.12. The molecule has 3 nitrogen and oxygen atoms in total. The predicted molar refractivity (Wildman–Crippen MR) is 50.6 cm³/mol. The summed E-state index contributed by atoms with van der Waals surface area (Å²) in [5.74, 6) is 5.12. The lowest BCUT2D eigenvalue weighted by molar-refractivity contribution is 0.112. The van der Waals surface area contributed by atoms with E-state index in [0.717, 1.165) is 0 Å². The number of carbonyl (C=O) groups excluding carboxylic acids is 1. The molecule has 0 unspecified atom stereocenters. The zero-order valence-electron chi connectivity index (χ0n) is 7.32. The van der Waals surface area contributed by atoms with Gasteiger partial charge in [0.2, 0.25) is 0 Å². The van der Waals surface area contributed by atoms with Crippen molar-refractivity contribution in [1.29, 1.82) is 5.26 Å². The zero-order chi connectivity index (χ0) is 10.4. The van der Waals surface area contributed by atoms with Gasteiger partial charge in [-0.05, 0) is 12.1 Å². The average Bonchev–Trinajstić information content (AvgIpc) is 2.18. The van der Waals surface area contributed by atoms with Crippen molar-refractivity contribution in [3.63, 3.8) is 0 Å². The number of hydrogen-bond acceptors (Lipinski definition) is 3. The van der Waals surface area contributed by atoms with Gasteiger partial charge in [0.15, 0.2) is 6.29 Å². The van der Waals surface area contributed by atoms with Crippen LogP contribution < -0.4 is 0 Å². The summed E-state index contributed by atoms with van der Waals surface area (Å²) in [6, 6.07) is 6.50. The molecule has 0 fully saturated rings. The molecular formula is C11H7NO2. The number of nitrogens with zero attached hydrogens (tertiary/aromatic N) is 1. The van der Waals surface area contributed by atoms with Gasteiger partial charge in [0.1, 0.15) is 5.75 Å².